The van der Waals surface area contributed by atoms with Crippen molar-refractivity contribution in [2.24, 2.45) is 5.10 Å². The summed E-state index contributed by atoms with van der Waals surface area (Å²) < 4.78 is 11.2. The molecule has 170 valence electrons. The van der Waals surface area contributed by atoms with Crippen LogP contribution < -0.4 is 20.2 Å². The van der Waals surface area contributed by atoms with Gasteiger partial charge in [0.15, 0.2) is 11.5 Å². The Morgan fingerprint density at radius 2 is 1.70 bits per heavy atom. The van der Waals surface area contributed by atoms with Gasteiger partial charge in [0.25, 0.3) is 0 Å². The molecule has 0 radical (unpaired) electrons. The van der Waals surface area contributed by atoms with Crippen molar-refractivity contribution in [3.63, 3.8) is 0 Å². The fraction of sp³-hybridized carbons (Fsp3) is 0.160. The second-order valence-corrected chi connectivity index (χ2v) is 7.52. The van der Waals surface area contributed by atoms with Crippen molar-refractivity contribution in [2.45, 2.75) is 19.6 Å². The molecule has 0 spiro atoms. The van der Waals surface area contributed by atoms with Gasteiger partial charge in [-0.05, 0) is 35.7 Å². The number of nitrogens with one attached hydrogen (secondary N) is 2. The lowest BCUT2D eigenvalue weighted by atomic mass is 10.1. The standard InChI is InChI=1S/C25H24ClN3O4/c1-17(20-11-7-4-8-12-20)28-24(30)25(31)29-27-15-19-13-21(26)23(22(14-19)32-2)33-16-18-9-5-3-6-10-18/h3-15,17H,16H2,1-2H3,(H,28,30)(H,29,31)/b27-15-/t17-/m0/s1. The zero-order valence-corrected chi connectivity index (χ0v) is 19.0. The number of hydrogen-bond acceptors (Lipinski definition) is 5. The number of nitrogens with zero attached hydrogens (tertiary/aromatic N) is 1. The summed E-state index contributed by atoms with van der Waals surface area (Å²) in [6, 6.07) is 22.0. The lowest BCUT2D eigenvalue weighted by Crippen LogP contribution is -2.39. The van der Waals surface area contributed by atoms with E-state index in [2.05, 4.69) is 15.8 Å². The highest BCUT2D eigenvalue weighted by molar-refractivity contribution is 6.35. The van der Waals surface area contributed by atoms with Crippen molar-refractivity contribution in [3.8, 4) is 11.5 Å². The van der Waals surface area contributed by atoms with E-state index in [1.807, 2.05) is 60.7 Å². The first-order valence-corrected chi connectivity index (χ1v) is 10.6. The first-order valence-electron chi connectivity index (χ1n) is 10.2. The summed E-state index contributed by atoms with van der Waals surface area (Å²) in [6.07, 6.45) is 1.36. The second-order valence-electron chi connectivity index (χ2n) is 7.11. The number of carbonyl (C=O) groups is 2. The van der Waals surface area contributed by atoms with Gasteiger partial charge >= 0.3 is 11.8 Å². The number of benzene rings is 3. The van der Waals surface area contributed by atoms with Crippen molar-refractivity contribution in [3.05, 3.63) is 94.5 Å². The van der Waals surface area contributed by atoms with E-state index < -0.39 is 11.8 Å². The number of rotatable bonds is 8. The van der Waals surface area contributed by atoms with Crippen LogP contribution in [0.2, 0.25) is 5.02 Å². The Morgan fingerprint density at radius 3 is 2.36 bits per heavy atom. The van der Waals surface area contributed by atoms with Crippen molar-refractivity contribution >= 4 is 29.6 Å². The molecule has 0 aromatic heterocycles. The van der Waals surface area contributed by atoms with E-state index in [-0.39, 0.29) is 6.04 Å². The van der Waals surface area contributed by atoms with Crippen molar-refractivity contribution in [1.29, 1.82) is 0 Å². The average molecular weight is 466 g/mol. The quantitative estimate of drug-likeness (QED) is 0.295. The van der Waals surface area contributed by atoms with Gasteiger partial charge in [-0.3, -0.25) is 9.59 Å². The molecule has 33 heavy (non-hydrogen) atoms. The Balaban J connectivity index is 1.59. The fourth-order valence-corrected chi connectivity index (χ4v) is 3.26. The molecule has 1 atom stereocenters. The van der Waals surface area contributed by atoms with Gasteiger partial charge in [0, 0.05) is 0 Å². The van der Waals surface area contributed by atoms with Crippen molar-refractivity contribution in [1.82, 2.24) is 10.7 Å². The maximum atomic E-state index is 12.1. The van der Waals surface area contributed by atoms with Gasteiger partial charge in [0.05, 0.1) is 24.4 Å². The third kappa shape index (κ3) is 6.82. The summed E-state index contributed by atoms with van der Waals surface area (Å²) in [4.78, 5) is 24.2. The Morgan fingerprint density at radius 1 is 1.03 bits per heavy atom. The molecule has 0 aliphatic carbocycles. The van der Waals surface area contributed by atoms with Gasteiger partial charge in [-0.15, -0.1) is 0 Å². The molecule has 0 fully saturated rings. The van der Waals surface area contributed by atoms with E-state index in [1.54, 1.807) is 19.1 Å². The molecule has 0 bridgehead atoms. The molecule has 3 rings (SSSR count). The van der Waals surface area contributed by atoms with Crippen LogP contribution in [-0.4, -0.2) is 25.1 Å². The van der Waals surface area contributed by atoms with Crippen LogP contribution in [-0.2, 0) is 16.2 Å². The predicted octanol–water partition coefficient (Wildman–Crippen LogP) is 4.26. The molecule has 7 nitrogen and oxygen atoms in total. The van der Waals surface area contributed by atoms with Gasteiger partial charge in [-0.2, -0.15) is 5.10 Å². The molecule has 3 aromatic carbocycles. The molecule has 0 aliphatic rings. The topological polar surface area (TPSA) is 89.0 Å². The van der Waals surface area contributed by atoms with E-state index >= 15 is 0 Å². The summed E-state index contributed by atoms with van der Waals surface area (Å²) in [5, 5.41) is 6.79. The summed E-state index contributed by atoms with van der Waals surface area (Å²) in [5.41, 5.74) is 4.64. The van der Waals surface area contributed by atoms with Gasteiger partial charge in [0.2, 0.25) is 0 Å². The predicted molar refractivity (Wildman–Crippen MR) is 128 cm³/mol. The highest BCUT2D eigenvalue weighted by Crippen LogP contribution is 2.36. The molecule has 2 amide bonds. The number of amides is 2. The molecular formula is C25H24ClN3O4. The summed E-state index contributed by atoms with van der Waals surface area (Å²) in [7, 11) is 1.50. The zero-order valence-electron chi connectivity index (χ0n) is 18.2. The normalized spacial score (nSPS) is 11.6. The van der Waals surface area contributed by atoms with Gasteiger partial charge in [-0.25, -0.2) is 5.43 Å². The number of methoxy groups -OCH3 is 1. The largest absolute Gasteiger partial charge is 0.493 e. The van der Waals surface area contributed by atoms with E-state index in [0.717, 1.165) is 11.1 Å². The number of carbonyl (C=O) groups excluding carboxylic acids is 2. The number of hydrazone groups is 1. The monoisotopic (exact) mass is 465 g/mol. The molecule has 0 heterocycles. The highest BCUT2D eigenvalue weighted by atomic mass is 35.5. The molecule has 0 saturated heterocycles. The summed E-state index contributed by atoms with van der Waals surface area (Å²) >= 11 is 6.37. The Labute approximate surface area is 197 Å². The third-order valence-corrected chi connectivity index (χ3v) is 4.99. The third-order valence-electron chi connectivity index (χ3n) is 4.71. The molecule has 0 unspecified atom stereocenters. The SMILES string of the molecule is COc1cc(/C=N\NC(=O)C(=O)N[C@@H](C)c2ccccc2)cc(Cl)c1OCc1ccccc1. The minimum absolute atomic E-state index is 0.320. The van der Waals surface area contributed by atoms with Gasteiger partial charge in [0.1, 0.15) is 6.61 Å². The zero-order chi connectivity index (χ0) is 23.6. The fourth-order valence-electron chi connectivity index (χ4n) is 2.99. The Bertz CT molecular complexity index is 1120. The first-order chi connectivity index (χ1) is 16.0. The second kappa shape index (κ2) is 11.7. The lowest BCUT2D eigenvalue weighted by Gasteiger charge is -2.13. The lowest BCUT2D eigenvalue weighted by molar-refractivity contribution is -0.139. The molecule has 0 saturated carbocycles. The molecule has 8 heteroatoms. The smallest absolute Gasteiger partial charge is 0.329 e. The van der Waals surface area contributed by atoms with Crippen LogP contribution in [0.3, 0.4) is 0 Å². The maximum Gasteiger partial charge on any atom is 0.329 e. The van der Waals surface area contributed by atoms with Crippen molar-refractivity contribution in [2.75, 3.05) is 7.11 Å². The van der Waals surface area contributed by atoms with E-state index in [0.29, 0.717) is 28.7 Å². The van der Waals surface area contributed by atoms with Crippen LogP contribution in [0, 0.1) is 0 Å². The van der Waals surface area contributed by atoms with Crippen molar-refractivity contribution < 1.29 is 19.1 Å². The Hall–Kier alpha value is -3.84. The van der Waals surface area contributed by atoms with Crippen LogP contribution >= 0.6 is 11.6 Å². The molecular weight excluding hydrogens is 442 g/mol. The maximum absolute atomic E-state index is 12.1. The molecule has 0 aliphatic heterocycles. The molecule has 3 aromatic rings. The number of ether oxygens (including phenoxy) is 2. The van der Waals surface area contributed by atoms with Crippen LogP contribution in [0.15, 0.2) is 77.9 Å². The summed E-state index contributed by atoms with van der Waals surface area (Å²) in [5.74, 6) is -0.849. The van der Waals surface area contributed by atoms with Crippen LogP contribution in [0.4, 0.5) is 0 Å². The Kier molecular flexibility index (Phi) is 8.43. The average Bonchev–Trinajstić information content (AvgIpc) is 2.84. The highest BCUT2D eigenvalue weighted by Gasteiger charge is 2.16. The van der Waals surface area contributed by atoms with Gasteiger partial charge in [-0.1, -0.05) is 72.3 Å². The first kappa shape index (κ1) is 23.8. The summed E-state index contributed by atoms with van der Waals surface area (Å²) in [6.45, 7) is 2.12. The van der Waals surface area contributed by atoms with Gasteiger partial charge < -0.3 is 14.8 Å². The van der Waals surface area contributed by atoms with E-state index in [9.17, 15) is 9.59 Å². The van der Waals surface area contributed by atoms with Crippen LogP contribution in [0.1, 0.15) is 29.7 Å². The minimum atomic E-state index is -0.880. The molecule has 2 N–H and O–H groups in total. The van der Waals surface area contributed by atoms with Crippen LogP contribution in [0.5, 0.6) is 11.5 Å². The van der Waals surface area contributed by atoms with Crippen LogP contribution in [0.25, 0.3) is 0 Å². The van der Waals surface area contributed by atoms with E-state index in [1.165, 1.54) is 13.3 Å². The minimum Gasteiger partial charge on any atom is -0.493 e. The number of hydrogen-bond donors (Lipinski definition) is 2. The number of halogens is 1. The van der Waals surface area contributed by atoms with E-state index in [4.69, 9.17) is 21.1 Å².